The van der Waals surface area contributed by atoms with Crippen molar-refractivity contribution in [3.8, 4) is 5.75 Å². The summed E-state index contributed by atoms with van der Waals surface area (Å²) >= 11 is 0. The molecule has 1 rings (SSSR count). The van der Waals surface area contributed by atoms with Gasteiger partial charge in [0.2, 0.25) is 0 Å². The Labute approximate surface area is 103 Å². The van der Waals surface area contributed by atoms with Crippen molar-refractivity contribution < 1.29 is 9.53 Å². The van der Waals surface area contributed by atoms with Gasteiger partial charge in [-0.15, -0.1) is 0 Å². The molecule has 1 aromatic carbocycles. The number of hydrogen-bond donors (Lipinski definition) is 1. The fourth-order valence-corrected chi connectivity index (χ4v) is 1.72. The van der Waals surface area contributed by atoms with E-state index in [2.05, 4.69) is 0 Å². The summed E-state index contributed by atoms with van der Waals surface area (Å²) in [5.41, 5.74) is 6.61. The first-order valence-corrected chi connectivity index (χ1v) is 6.03. The van der Waals surface area contributed by atoms with E-state index in [0.29, 0.717) is 18.7 Å². The molecule has 0 aliphatic heterocycles. The van der Waals surface area contributed by atoms with E-state index in [9.17, 15) is 4.79 Å². The number of ether oxygens (including phenoxy) is 1. The highest BCUT2D eigenvalue weighted by atomic mass is 16.5. The lowest BCUT2D eigenvalue weighted by atomic mass is 9.97. The van der Waals surface area contributed by atoms with Crippen LogP contribution in [0.5, 0.6) is 5.75 Å². The number of nitrogens with two attached hydrogens (primary N) is 1. The lowest BCUT2D eigenvalue weighted by Gasteiger charge is -2.08. The van der Waals surface area contributed by atoms with Crippen LogP contribution in [0.1, 0.15) is 25.3 Å². The molecule has 0 aliphatic carbocycles. The molecular weight excluding hydrogens is 214 g/mol. The van der Waals surface area contributed by atoms with Crippen LogP contribution in [0.25, 0.3) is 0 Å². The van der Waals surface area contributed by atoms with E-state index in [1.807, 2.05) is 31.2 Å². The van der Waals surface area contributed by atoms with Gasteiger partial charge in [-0.3, -0.25) is 4.79 Å². The number of Topliss-reactive ketones (excluding diaryl/α,β-unsaturated/α-hetero) is 1. The van der Waals surface area contributed by atoms with Crippen LogP contribution in [0.15, 0.2) is 24.3 Å². The van der Waals surface area contributed by atoms with Gasteiger partial charge < -0.3 is 10.5 Å². The standard InChI is InChI=1S/C14H21NO2/c1-11(9-10-15)14(16)8-5-12-3-6-13(17-2)7-4-12/h3-4,6-7,11H,5,8-10,15H2,1-2H3. The highest BCUT2D eigenvalue weighted by molar-refractivity contribution is 5.80. The fourth-order valence-electron chi connectivity index (χ4n) is 1.72. The van der Waals surface area contributed by atoms with Crippen LogP contribution >= 0.6 is 0 Å². The zero-order valence-corrected chi connectivity index (χ0v) is 10.6. The fraction of sp³-hybridized carbons (Fsp3) is 0.500. The molecule has 0 saturated carbocycles. The second-order valence-corrected chi connectivity index (χ2v) is 4.29. The zero-order chi connectivity index (χ0) is 12.7. The molecular formula is C14H21NO2. The Morgan fingerprint density at radius 1 is 1.35 bits per heavy atom. The van der Waals surface area contributed by atoms with Crippen molar-refractivity contribution in [3.63, 3.8) is 0 Å². The molecule has 1 unspecified atom stereocenters. The molecule has 17 heavy (non-hydrogen) atoms. The minimum Gasteiger partial charge on any atom is -0.497 e. The lowest BCUT2D eigenvalue weighted by Crippen LogP contribution is -2.15. The first-order chi connectivity index (χ1) is 8.17. The van der Waals surface area contributed by atoms with E-state index in [1.54, 1.807) is 7.11 Å². The van der Waals surface area contributed by atoms with Crippen LogP contribution in [0.2, 0.25) is 0 Å². The highest BCUT2D eigenvalue weighted by Crippen LogP contribution is 2.14. The predicted octanol–water partition coefficient (Wildman–Crippen LogP) is 2.18. The van der Waals surface area contributed by atoms with Gasteiger partial charge in [-0.2, -0.15) is 0 Å². The summed E-state index contributed by atoms with van der Waals surface area (Å²) in [5.74, 6) is 1.22. The van der Waals surface area contributed by atoms with Crippen molar-refractivity contribution in [2.45, 2.75) is 26.2 Å². The Morgan fingerprint density at radius 3 is 2.53 bits per heavy atom. The predicted molar refractivity (Wildman–Crippen MR) is 69.2 cm³/mol. The van der Waals surface area contributed by atoms with Gasteiger partial charge in [0.1, 0.15) is 11.5 Å². The van der Waals surface area contributed by atoms with Crippen molar-refractivity contribution in [1.29, 1.82) is 0 Å². The smallest absolute Gasteiger partial charge is 0.136 e. The number of ketones is 1. The van der Waals surface area contributed by atoms with Crippen molar-refractivity contribution in [2.24, 2.45) is 11.7 Å². The maximum absolute atomic E-state index is 11.7. The molecule has 0 heterocycles. The van der Waals surface area contributed by atoms with Crippen LogP contribution in [-0.2, 0) is 11.2 Å². The third kappa shape index (κ3) is 4.57. The molecule has 0 bridgehead atoms. The SMILES string of the molecule is COc1ccc(CCC(=O)C(C)CCN)cc1. The van der Waals surface area contributed by atoms with E-state index in [-0.39, 0.29) is 5.92 Å². The number of rotatable bonds is 7. The van der Waals surface area contributed by atoms with E-state index >= 15 is 0 Å². The van der Waals surface area contributed by atoms with Gasteiger partial charge in [0.05, 0.1) is 7.11 Å². The van der Waals surface area contributed by atoms with Crippen molar-refractivity contribution in [1.82, 2.24) is 0 Å². The highest BCUT2D eigenvalue weighted by Gasteiger charge is 2.11. The van der Waals surface area contributed by atoms with Crippen LogP contribution in [0.4, 0.5) is 0 Å². The van der Waals surface area contributed by atoms with Gasteiger partial charge in [0.15, 0.2) is 0 Å². The topological polar surface area (TPSA) is 52.3 Å². The number of methoxy groups -OCH3 is 1. The maximum Gasteiger partial charge on any atom is 0.136 e. The monoisotopic (exact) mass is 235 g/mol. The first kappa shape index (κ1) is 13.7. The van der Waals surface area contributed by atoms with E-state index in [0.717, 1.165) is 18.6 Å². The zero-order valence-electron chi connectivity index (χ0n) is 10.6. The Balaban J connectivity index is 2.41. The molecule has 1 aromatic rings. The molecule has 0 aliphatic rings. The number of hydrogen-bond acceptors (Lipinski definition) is 3. The molecule has 0 radical (unpaired) electrons. The van der Waals surface area contributed by atoms with Gasteiger partial charge in [0.25, 0.3) is 0 Å². The van der Waals surface area contributed by atoms with Crippen molar-refractivity contribution in [3.05, 3.63) is 29.8 Å². The number of carbonyl (C=O) groups excluding carboxylic acids is 1. The number of aryl methyl sites for hydroxylation is 1. The van der Waals surface area contributed by atoms with Crippen LogP contribution < -0.4 is 10.5 Å². The number of benzene rings is 1. The Bertz CT molecular complexity index is 346. The van der Waals surface area contributed by atoms with Crippen molar-refractivity contribution in [2.75, 3.05) is 13.7 Å². The summed E-state index contributed by atoms with van der Waals surface area (Å²) in [7, 11) is 1.65. The summed E-state index contributed by atoms with van der Waals surface area (Å²) in [5, 5.41) is 0. The Kier molecular flexibility index (Phi) is 5.70. The van der Waals surface area contributed by atoms with Crippen LogP contribution in [0.3, 0.4) is 0 Å². The number of carbonyl (C=O) groups is 1. The Morgan fingerprint density at radius 2 is 2.00 bits per heavy atom. The first-order valence-electron chi connectivity index (χ1n) is 6.03. The molecule has 3 nitrogen and oxygen atoms in total. The quantitative estimate of drug-likeness (QED) is 0.788. The second-order valence-electron chi connectivity index (χ2n) is 4.29. The van der Waals surface area contributed by atoms with Gasteiger partial charge in [0, 0.05) is 12.3 Å². The largest absolute Gasteiger partial charge is 0.497 e. The normalized spacial score (nSPS) is 12.2. The second kappa shape index (κ2) is 7.07. The van der Waals surface area contributed by atoms with Gasteiger partial charge in [-0.1, -0.05) is 19.1 Å². The van der Waals surface area contributed by atoms with E-state index in [4.69, 9.17) is 10.5 Å². The minimum atomic E-state index is 0.0817. The summed E-state index contributed by atoms with van der Waals surface area (Å²) < 4.78 is 5.08. The summed E-state index contributed by atoms with van der Waals surface area (Å²) in [6.45, 7) is 2.53. The molecule has 3 heteroatoms. The maximum atomic E-state index is 11.7. The molecule has 0 amide bonds. The van der Waals surface area contributed by atoms with Crippen LogP contribution in [0, 0.1) is 5.92 Å². The van der Waals surface area contributed by atoms with E-state index < -0.39 is 0 Å². The van der Waals surface area contributed by atoms with E-state index in [1.165, 1.54) is 5.56 Å². The van der Waals surface area contributed by atoms with Crippen LogP contribution in [-0.4, -0.2) is 19.4 Å². The molecule has 0 spiro atoms. The molecule has 0 fully saturated rings. The van der Waals surface area contributed by atoms with Gasteiger partial charge in [-0.25, -0.2) is 0 Å². The van der Waals surface area contributed by atoms with Crippen molar-refractivity contribution >= 4 is 5.78 Å². The summed E-state index contributed by atoms with van der Waals surface area (Å²) in [6.07, 6.45) is 2.16. The molecule has 94 valence electrons. The average Bonchev–Trinajstić information content (AvgIpc) is 2.36. The molecule has 1 atom stereocenters. The average molecular weight is 235 g/mol. The van der Waals surface area contributed by atoms with Gasteiger partial charge >= 0.3 is 0 Å². The molecule has 2 N–H and O–H groups in total. The Hall–Kier alpha value is -1.35. The molecule has 0 saturated heterocycles. The third-order valence-corrected chi connectivity index (χ3v) is 2.97. The molecule has 0 aromatic heterocycles. The summed E-state index contributed by atoms with van der Waals surface area (Å²) in [6, 6.07) is 7.84. The lowest BCUT2D eigenvalue weighted by molar-refractivity contribution is -0.122. The van der Waals surface area contributed by atoms with Gasteiger partial charge in [-0.05, 0) is 37.1 Å². The third-order valence-electron chi connectivity index (χ3n) is 2.97. The minimum absolute atomic E-state index is 0.0817. The summed E-state index contributed by atoms with van der Waals surface area (Å²) in [4.78, 5) is 11.7.